The Labute approximate surface area is 150 Å². The van der Waals surface area contributed by atoms with Crippen molar-refractivity contribution in [3.8, 4) is 0 Å². The molecule has 1 aromatic carbocycles. The van der Waals surface area contributed by atoms with Gasteiger partial charge in [-0.15, -0.1) is 11.3 Å². The van der Waals surface area contributed by atoms with Crippen molar-refractivity contribution >= 4 is 17.2 Å². The monoisotopic (exact) mass is 357 g/mol. The third kappa shape index (κ3) is 4.33. The van der Waals surface area contributed by atoms with E-state index in [-0.39, 0.29) is 11.7 Å². The SMILES string of the molecule is Cn1ccnc1[C@H](NC(=O)CCCc1cccs1)c1ccccc1F. The topological polar surface area (TPSA) is 46.9 Å². The van der Waals surface area contributed by atoms with E-state index in [1.165, 1.54) is 10.9 Å². The Morgan fingerprint density at radius 2 is 2.16 bits per heavy atom. The number of carbonyl (C=O) groups excluding carboxylic acids is 1. The van der Waals surface area contributed by atoms with Crippen molar-refractivity contribution < 1.29 is 9.18 Å². The van der Waals surface area contributed by atoms with Crippen LogP contribution in [0.15, 0.2) is 54.2 Å². The maximum absolute atomic E-state index is 14.3. The van der Waals surface area contributed by atoms with Crippen molar-refractivity contribution in [2.45, 2.75) is 25.3 Å². The zero-order valence-electron chi connectivity index (χ0n) is 14.0. The lowest BCUT2D eigenvalue weighted by molar-refractivity contribution is -0.121. The molecule has 0 saturated heterocycles. The molecule has 0 aliphatic rings. The van der Waals surface area contributed by atoms with Gasteiger partial charge >= 0.3 is 0 Å². The average molecular weight is 357 g/mol. The highest BCUT2D eigenvalue weighted by molar-refractivity contribution is 7.09. The highest BCUT2D eigenvalue weighted by atomic mass is 32.1. The first-order valence-electron chi connectivity index (χ1n) is 8.18. The van der Waals surface area contributed by atoms with Crippen LogP contribution in [0.1, 0.15) is 35.1 Å². The number of hydrogen-bond donors (Lipinski definition) is 1. The second kappa shape index (κ2) is 8.07. The van der Waals surface area contributed by atoms with E-state index in [0.29, 0.717) is 17.8 Å². The first-order valence-corrected chi connectivity index (χ1v) is 9.06. The van der Waals surface area contributed by atoms with Crippen LogP contribution in [0.2, 0.25) is 0 Å². The van der Waals surface area contributed by atoms with Crippen LogP contribution < -0.4 is 5.32 Å². The fraction of sp³-hybridized carbons (Fsp3) is 0.263. The molecule has 1 N–H and O–H groups in total. The van der Waals surface area contributed by atoms with Gasteiger partial charge in [0.1, 0.15) is 17.7 Å². The molecule has 1 atom stereocenters. The summed E-state index contributed by atoms with van der Waals surface area (Å²) in [7, 11) is 1.83. The molecule has 0 radical (unpaired) electrons. The summed E-state index contributed by atoms with van der Waals surface area (Å²) in [5.41, 5.74) is 0.420. The van der Waals surface area contributed by atoms with Crippen LogP contribution in [0.5, 0.6) is 0 Å². The molecule has 1 amide bonds. The van der Waals surface area contributed by atoms with Crippen LogP contribution in [0.25, 0.3) is 0 Å². The number of benzene rings is 1. The van der Waals surface area contributed by atoms with Crippen molar-refractivity contribution in [2.75, 3.05) is 0 Å². The maximum Gasteiger partial charge on any atom is 0.220 e. The number of rotatable bonds is 7. The number of nitrogens with one attached hydrogen (secondary N) is 1. The molecule has 2 aromatic heterocycles. The van der Waals surface area contributed by atoms with Gasteiger partial charge in [-0.2, -0.15) is 0 Å². The van der Waals surface area contributed by atoms with Crippen LogP contribution in [-0.4, -0.2) is 15.5 Å². The molecule has 2 heterocycles. The Balaban J connectivity index is 1.71. The minimum Gasteiger partial charge on any atom is -0.342 e. The molecule has 0 bridgehead atoms. The lowest BCUT2D eigenvalue weighted by Gasteiger charge is -2.19. The standard InChI is InChI=1S/C19H20FN3OS/c1-23-12-11-21-19(23)18(15-8-2-3-9-16(15)20)22-17(24)10-4-6-14-7-5-13-25-14/h2-3,5,7-9,11-13,18H,4,6,10H2,1H3,(H,22,24)/t18-/m1/s1. The van der Waals surface area contributed by atoms with Gasteiger partial charge in [0.15, 0.2) is 0 Å². The van der Waals surface area contributed by atoms with E-state index in [9.17, 15) is 9.18 Å². The summed E-state index contributed by atoms with van der Waals surface area (Å²) < 4.78 is 16.1. The highest BCUT2D eigenvalue weighted by Crippen LogP contribution is 2.23. The van der Waals surface area contributed by atoms with Gasteiger partial charge in [-0.3, -0.25) is 4.79 Å². The Bertz CT molecular complexity index is 829. The van der Waals surface area contributed by atoms with E-state index in [4.69, 9.17) is 0 Å². The average Bonchev–Trinajstić information content (AvgIpc) is 3.25. The summed E-state index contributed by atoms with van der Waals surface area (Å²) in [6.07, 6.45) is 5.46. The van der Waals surface area contributed by atoms with E-state index >= 15 is 0 Å². The Morgan fingerprint density at radius 1 is 1.32 bits per heavy atom. The highest BCUT2D eigenvalue weighted by Gasteiger charge is 2.23. The Morgan fingerprint density at radius 3 is 2.84 bits per heavy atom. The van der Waals surface area contributed by atoms with Gasteiger partial charge in [-0.25, -0.2) is 9.37 Å². The molecule has 3 aromatic rings. The van der Waals surface area contributed by atoms with Crippen LogP contribution in [-0.2, 0) is 18.3 Å². The molecule has 4 nitrogen and oxygen atoms in total. The van der Waals surface area contributed by atoms with Gasteiger partial charge in [0.25, 0.3) is 0 Å². The summed E-state index contributed by atoms with van der Waals surface area (Å²) in [6.45, 7) is 0. The fourth-order valence-corrected chi connectivity index (χ4v) is 3.51. The number of halogens is 1. The summed E-state index contributed by atoms with van der Waals surface area (Å²) in [5.74, 6) is 0.152. The van der Waals surface area contributed by atoms with Crippen LogP contribution in [0.4, 0.5) is 4.39 Å². The predicted molar refractivity (Wildman–Crippen MR) is 96.9 cm³/mol. The first-order chi connectivity index (χ1) is 12.1. The van der Waals surface area contributed by atoms with Gasteiger partial charge < -0.3 is 9.88 Å². The number of aryl methyl sites for hydroxylation is 2. The molecule has 0 unspecified atom stereocenters. The number of carbonyl (C=O) groups is 1. The second-order valence-corrected chi connectivity index (χ2v) is 6.88. The molecular weight excluding hydrogens is 337 g/mol. The molecular formula is C19H20FN3OS. The molecule has 0 aliphatic heterocycles. The summed E-state index contributed by atoms with van der Waals surface area (Å²) in [5, 5.41) is 4.97. The molecule has 130 valence electrons. The van der Waals surface area contributed by atoms with Crippen molar-refractivity contribution in [2.24, 2.45) is 7.05 Å². The lowest BCUT2D eigenvalue weighted by Crippen LogP contribution is -2.31. The quantitative estimate of drug-likeness (QED) is 0.698. The van der Waals surface area contributed by atoms with E-state index in [1.54, 1.807) is 46.5 Å². The third-order valence-electron chi connectivity index (χ3n) is 4.05. The van der Waals surface area contributed by atoms with Gasteiger partial charge in [-0.1, -0.05) is 24.3 Å². The van der Waals surface area contributed by atoms with Gasteiger partial charge in [0.2, 0.25) is 5.91 Å². The number of aromatic nitrogens is 2. The molecule has 6 heteroatoms. The summed E-state index contributed by atoms with van der Waals surface area (Å²) in [6, 6.07) is 9.95. The zero-order chi connectivity index (χ0) is 17.6. The molecule has 0 fully saturated rings. The zero-order valence-corrected chi connectivity index (χ0v) is 14.8. The minimum absolute atomic E-state index is 0.104. The largest absolute Gasteiger partial charge is 0.342 e. The van der Waals surface area contributed by atoms with E-state index < -0.39 is 6.04 Å². The molecule has 3 rings (SSSR count). The van der Waals surface area contributed by atoms with Crippen LogP contribution in [0.3, 0.4) is 0 Å². The molecule has 0 spiro atoms. The number of nitrogens with zero attached hydrogens (tertiary/aromatic N) is 2. The predicted octanol–water partition coefficient (Wildman–Crippen LogP) is 3.85. The van der Waals surface area contributed by atoms with Crippen molar-refractivity contribution in [1.82, 2.24) is 14.9 Å². The molecule has 25 heavy (non-hydrogen) atoms. The van der Waals surface area contributed by atoms with Crippen LogP contribution >= 0.6 is 11.3 Å². The van der Waals surface area contributed by atoms with Crippen molar-refractivity contribution in [3.05, 3.63) is 76.3 Å². The van der Waals surface area contributed by atoms with Gasteiger partial charge in [-0.05, 0) is 30.4 Å². The Kier molecular flexibility index (Phi) is 5.60. The van der Waals surface area contributed by atoms with Gasteiger partial charge in [0.05, 0.1) is 0 Å². The Hall–Kier alpha value is -2.47. The van der Waals surface area contributed by atoms with E-state index in [0.717, 1.165) is 12.8 Å². The number of amides is 1. The molecule has 0 saturated carbocycles. The van der Waals surface area contributed by atoms with E-state index in [1.807, 2.05) is 18.5 Å². The normalized spacial score (nSPS) is 12.1. The van der Waals surface area contributed by atoms with E-state index in [2.05, 4.69) is 16.4 Å². The maximum atomic E-state index is 14.3. The summed E-state index contributed by atoms with van der Waals surface area (Å²) >= 11 is 1.69. The van der Waals surface area contributed by atoms with Gasteiger partial charge in [0, 0.05) is 36.3 Å². The molecule has 0 aliphatic carbocycles. The number of thiophene rings is 1. The smallest absolute Gasteiger partial charge is 0.220 e. The van der Waals surface area contributed by atoms with Crippen molar-refractivity contribution in [1.29, 1.82) is 0 Å². The second-order valence-electron chi connectivity index (χ2n) is 5.85. The first kappa shape index (κ1) is 17.4. The summed E-state index contributed by atoms with van der Waals surface area (Å²) in [4.78, 5) is 18.0. The van der Waals surface area contributed by atoms with Crippen LogP contribution in [0, 0.1) is 5.82 Å². The number of hydrogen-bond acceptors (Lipinski definition) is 3. The van der Waals surface area contributed by atoms with Crippen molar-refractivity contribution in [3.63, 3.8) is 0 Å². The number of imidazole rings is 1. The lowest BCUT2D eigenvalue weighted by atomic mass is 10.0. The minimum atomic E-state index is -0.601. The fourth-order valence-electron chi connectivity index (χ4n) is 2.76. The third-order valence-corrected chi connectivity index (χ3v) is 4.98.